The number of halogens is 2. The fourth-order valence-electron chi connectivity index (χ4n) is 4.17. The van der Waals surface area contributed by atoms with Crippen molar-refractivity contribution >= 4 is 11.8 Å². The Morgan fingerprint density at radius 2 is 1.91 bits per heavy atom. The molecule has 10 heteroatoms. The Morgan fingerprint density at radius 1 is 1.25 bits per heavy atom. The van der Waals surface area contributed by atoms with Crippen LogP contribution < -0.4 is 10.7 Å². The number of aryl methyl sites for hydroxylation is 1. The molecule has 32 heavy (non-hydrogen) atoms. The smallest absolute Gasteiger partial charge is 0.274 e. The number of pyridine rings is 1. The van der Waals surface area contributed by atoms with Gasteiger partial charge in [0.05, 0.1) is 24.8 Å². The topological polar surface area (TPSA) is 101 Å². The third-order valence-corrected chi connectivity index (χ3v) is 6.04. The number of nitrogens with zero attached hydrogens (tertiary/aromatic N) is 2. The van der Waals surface area contributed by atoms with E-state index in [0.717, 1.165) is 12.1 Å². The highest BCUT2D eigenvalue weighted by Crippen LogP contribution is 2.32. The molecule has 0 aliphatic carbocycles. The lowest BCUT2D eigenvalue weighted by Crippen LogP contribution is -2.49. The first-order chi connectivity index (χ1) is 15.1. The van der Waals surface area contributed by atoms with Gasteiger partial charge in [0.2, 0.25) is 5.43 Å². The van der Waals surface area contributed by atoms with E-state index < -0.39 is 52.8 Å². The average Bonchev–Trinajstić information content (AvgIpc) is 2.85. The second-order valence-corrected chi connectivity index (χ2v) is 8.28. The van der Waals surface area contributed by atoms with Gasteiger partial charge in [0.15, 0.2) is 11.4 Å². The first kappa shape index (κ1) is 21.9. The highest BCUT2D eigenvalue weighted by molar-refractivity contribution is 5.99. The number of aromatic hydroxyl groups is 1. The van der Waals surface area contributed by atoms with E-state index >= 15 is 0 Å². The summed E-state index contributed by atoms with van der Waals surface area (Å²) >= 11 is 0. The molecule has 1 aromatic heterocycles. The van der Waals surface area contributed by atoms with Crippen LogP contribution >= 0.6 is 0 Å². The first-order valence-electron chi connectivity index (χ1n) is 10.2. The third-order valence-electron chi connectivity index (χ3n) is 6.04. The van der Waals surface area contributed by atoms with Crippen LogP contribution in [0, 0.1) is 18.6 Å². The van der Waals surface area contributed by atoms with E-state index in [2.05, 4.69) is 5.32 Å². The van der Waals surface area contributed by atoms with Gasteiger partial charge in [0.1, 0.15) is 17.2 Å². The van der Waals surface area contributed by atoms with Gasteiger partial charge in [0.25, 0.3) is 11.8 Å². The minimum absolute atomic E-state index is 0.206. The quantitative estimate of drug-likeness (QED) is 0.748. The molecule has 2 amide bonds. The Bertz CT molecular complexity index is 1160. The number of carbonyl (C=O) groups is 2. The molecule has 1 aromatic carbocycles. The maximum atomic E-state index is 14.1. The second-order valence-electron chi connectivity index (χ2n) is 8.28. The van der Waals surface area contributed by atoms with E-state index in [1.54, 1.807) is 6.92 Å². The molecule has 0 unspecified atom stereocenters. The number of nitrogens with one attached hydrogen (secondary N) is 1. The molecule has 8 nitrogen and oxygen atoms in total. The molecular weight excluding hydrogens is 424 g/mol. The molecule has 2 aliphatic rings. The van der Waals surface area contributed by atoms with E-state index in [4.69, 9.17) is 4.74 Å². The van der Waals surface area contributed by atoms with Crippen LogP contribution in [0.3, 0.4) is 0 Å². The maximum Gasteiger partial charge on any atom is 0.274 e. The highest BCUT2D eigenvalue weighted by Gasteiger charge is 2.41. The van der Waals surface area contributed by atoms with E-state index in [9.17, 15) is 28.3 Å². The molecular formula is C22H23F2N3O5. The summed E-state index contributed by atoms with van der Waals surface area (Å²) in [4.78, 5) is 39.9. The molecule has 3 atom stereocenters. The van der Waals surface area contributed by atoms with Gasteiger partial charge in [-0.25, -0.2) is 8.78 Å². The lowest BCUT2D eigenvalue weighted by Gasteiger charge is -2.37. The van der Waals surface area contributed by atoms with Gasteiger partial charge in [-0.05, 0) is 38.5 Å². The third kappa shape index (κ3) is 3.54. The van der Waals surface area contributed by atoms with Crippen molar-refractivity contribution in [2.75, 3.05) is 13.2 Å². The zero-order valence-electron chi connectivity index (χ0n) is 17.8. The Kier molecular flexibility index (Phi) is 5.49. The molecule has 2 aromatic rings. The molecule has 4 rings (SSSR count). The fourth-order valence-corrected chi connectivity index (χ4v) is 4.17. The van der Waals surface area contributed by atoms with Crippen LogP contribution in [0.5, 0.6) is 5.75 Å². The number of hydrogen-bond donors (Lipinski definition) is 2. The average molecular weight is 447 g/mol. The van der Waals surface area contributed by atoms with Crippen LogP contribution in [0.25, 0.3) is 0 Å². The standard InChI is InChI=1S/C22H23F2N3O5/c1-10-4-15(23)13(16(24)5-10)6-25-21(30)14-7-27-17-8-26(11(2)9-32-12(17)3)22(31)18(27)20(29)19(14)28/h4-5,7,11-12,17,29H,6,8-9H2,1-3H3,(H,25,30)/t11-,12+,17+/m0/s1. The van der Waals surface area contributed by atoms with Crippen molar-refractivity contribution in [1.82, 2.24) is 14.8 Å². The zero-order chi connectivity index (χ0) is 23.3. The lowest BCUT2D eigenvalue weighted by molar-refractivity contribution is 0.0400. The van der Waals surface area contributed by atoms with Gasteiger partial charge in [-0.1, -0.05) is 0 Å². The summed E-state index contributed by atoms with van der Waals surface area (Å²) < 4.78 is 35.3. The van der Waals surface area contributed by atoms with Crippen molar-refractivity contribution in [2.24, 2.45) is 0 Å². The number of rotatable bonds is 3. The van der Waals surface area contributed by atoms with Crippen molar-refractivity contribution in [1.29, 1.82) is 0 Å². The van der Waals surface area contributed by atoms with Crippen molar-refractivity contribution in [3.63, 3.8) is 0 Å². The number of benzene rings is 1. The molecule has 0 spiro atoms. The SMILES string of the molecule is Cc1cc(F)c(CNC(=O)c2cn3c(c(O)c2=O)C(=O)N2C[C@@H]3[C@@H](C)OC[C@@H]2C)c(F)c1. The summed E-state index contributed by atoms with van der Waals surface area (Å²) in [6.45, 7) is 5.24. The maximum absolute atomic E-state index is 14.1. The number of carbonyl (C=O) groups excluding carboxylic acids is 2. The van der Waals surface area contributed by atoms with E-state index in [1.165, 1.54) is 22.6 Å². The molecule has 3 heterocycles. The van der Waals surface area contributed by atoms with Crippen LogP contribution in [0.15, 0.2) is 23.1 Å². The van der Waals surface area contributed by atoms with Gasteiger partial charge < -0.3 is 24.6 Å². The number of ether oxygens (including phenoxy) is 1. The molecule has 0 saturated carbocycles. The normalized spacial score (nSPS) is 22.3. The van der Waals surface area contributed by atoms with Crippen LogP contribution in [-0.2, 0) is 11.3 Å². The van der Waals surface area contributed by atoms with Crippen molar-refractivity contribution in [3.05, 3.63) is 62.6 Å². The van der Waals surface area contributed by atoms with Gasteiger partial charge in [-0.3, -0.25) is 14.4 Å². The van der Waals surface area contributed by atoms with Crippen molar-refractivity contribution in [2.45, 2.75) is 45.5 Å². The van der Waals surface area contributed by atoms with Crippen LogP contribution in [0.4, 0.5) is 8.78 Å². The Morgan fingerprint density at radius 3 is 2.56 bits per heavy atom. The monoisotopic (exact) mass is 447 g/mol. The minimum Gasteiger partial charge on any atom is -0.503 e. The van der Waals surface area contributed by atoms with E-state index in [1.807, 2.05) is 6.92 Å². The Hall–Kier alpha value is -3.27. The number of amides is 2. The Labute approximate surface area is 182 Å². The molecule has 2 N–H and O–H groups in total. The van der Waals surface area contributed by atoms with Gasteiger partial charge in [-0.2, -0.15) is 0 Å². The predicted molar refractivity (Wildman–Crippen MR) is 110 cm³/mol. The first-order valence-corrected chi connectivity index (χ1v) is 10.2. The molecule has 1 saturated heterocycles. The molecule has 170 valence electrons. The summed E-state index contributed by atoms with van der Waals surface area (Å²) in [5.74, 6) is -3.94. The van der Waals surface area contributed by atoms with E-state index in [-0.39, 0.29) is 29.9 Å². The van der Waals surface area contributed by atoms with E-state index in [0.29, 0.717) is 12.2 Å². The molecule has 1 fully saturated rings. The van der Waals surface area contributed by atoms with Crippen LogP contribution in [0.1, 0.15) is 51.9 Å². The fraction of sp³-hybridized carbons (Fsp3) is 0.409. The molecule has 2 aliphatic heterocycles. The summed E-state index contributed by atoms with van der Waals surface area (Å²) in [6.07, 6.45) is 0.840. The summed E-state index contributed by atoms with van der Waals surface area (Å²) in [5.41, 5.74) is -1.64. The largest absolute Gasteiger partial charge is 0.503 e. The number of aromatic nitrogens is 1. The van der Waals surface area contributed by atoms with Crippen LogP contribution in [-0.4, -0.2) is 51.7 Å². The lowest BCUT2D eigenvalue weighted by atomic mass is 10.0. The van der Waals surface area contributed by atoms with Crippen LogP contribution in [0.2, 0.25) is 0 Å². The van der Waals surface area contributed by atoms with Crippen molar-refractivity contribution < 1.29 is 28.2 Å². The molecule has 2 bridgehead atoms. The minimum atomic E-state index is -1.03. The number of fused-ring (bicyclic) bond motifs is 4. The molecule has 0 radical (unpaired) electrons. The van der Waals surface area contributed by atoms with Crippen molar-refractivity contribution in [3.8, 4) is 5.75 Å². The second kappa shape index (κ2) is 8.01. The Balaban J connectivity index is 1.70. The highest BCUT2D eigenvalue weighted by atomic mass is 19.1. The zero-order valence-corrected chi connectivity index (χ0v) is 17.8. The van der Waals surface area contributed by atoms with Gasteiger partial charge >= 0.3 is 0 Å². The summed E-state index contributed by atoms with van der Waals surface area (Å²) in [7, 11) is 0. The van der Waals surface area contributed by atoms with Gasteiger partial charge in [-0.15, -0.1) is 0 Å². The predicted octanol–water partition coefficient (Wildman–Crippen LogP) is 1.87. The van der Waals surface area contributed by atoms with Gasteiger partial charge in [0, 0.05) is 24.8 Å². The number of hydrogen-bond acceptors (Lipinski definition) is 5. The summed E-state index contributed by atoms with van der Waals surface area (Å²) in [6, 6.07) is 1.59. The summed E-state index contributed by atoms with van der Waals surface area (Å²) in [5, 5.41) is 12.9.